The second kappa shape index (κ2) is 7.19. The molecule has 0 aliphatic heterocycles. The maximum atomic E-state index is 12.9. The summed E-state index contributed by atoms with van der Waals surface area (Å²) < 4.78 is 11.9. The minimum Gasteiger partial charge on any atom is -0.382 e. The number of nitrogens with two attached hydrogens (primary N) is 1. The molecule has 1 heterocycles. The molecule has 1 aromatic carbocycles. The third kappa shape index (κ3) is 3.15. The lowest BCUT2D eigenvalue weighted by molar-refractivity contribution is 0.0857. The van der Waals surface area contributed by atoms with Crippen molar-refractivity contribution in [1.82, 2.24) is 9.55 Å². The molecule has 0 radical (unpaired) electrons. The van der Waals surface area contributed by atoms with Gasteiger partial charge in [-0.3, -0.25) is 9.36 Å². The highest BCUT2D eigenvalue weighted by molar-refractivity contribution is 6.35. The summed E-state index contributed by atoms with van der Waals surface area (Å²) in [6, 6.07) is 4.45. The zero-order valence-electron chi connectivity index (χ0n) is 12.9. The molecule has 0 aliphatic rings. The van der Waals surface area contributed by atoms with Gasteiger partial charge in [0.2, 0.25) is 0 Å². The zero-order chi connectivity index (χ0) is 16.3. The normalized spacial score (nSPS) is 13.0. The molecule has 6 nitrogen and oxygen atoms in total. The van der Waals surface area contributed by atoms with Crippen LogP contribution < -0.4 is 11.3 Å². The number of hydrogen-bond acceptors (Lipinski definition) is 5. The Morgan fingerprint density at radius 3 is 2.50 bits per heavy atom. The summed E-state index contributed by atoms with van der Waals surface area (Å²) in [6.07, 6.45) is 0. The lowest BCUT2D eigenvalue weighted by Crippen LogP contribution is -2.35. The van der Waals surface area contributed by atoms with Crippen molar-refractivity contribution in [3.63, 3.8) is 0 Å². The highest BCUT2D eigenvalue weighted by atomic mass is 35.5. The van der Waals surface area contributed by atoms with E-state index < -0.39 is 6.04 Å². The smallest absolute Gasteiger partial charge is 0.263 e. The third-order valence-electron chi connectivity index (χ3n) is 3.40. The lowest BCUT2D eigenvalue weighted by Gasteiger charge is -2.23. The number of fused-ring (bicyclic) bond motifs is 1. The van der Waals surface area contributed by atoms with Gasteiger partial charge in [0.15, 0.2) is 0 Å². The maximum Gasteiger partial charge on any atom is 0.263 e. The van der Waals surface area contributed by atoms with E-state index in [1.54, 1.807) is 39.3 Å². The lowest BCUT2D eigenvalue weighted by atomic mass is 10.2. The monoisotopic (exact) mass is 325 g/mol. The van der Waals surface area contributed by atoms with Crippen molar-refractivity contribution >= 4 is 22.5 Å². The first kappa shape index (κ1) is 16.9. The molecule has 2 rings (SSSR count). The first-order chi connectivity index (χ1) is 10.5. The molecule has 2 aromatic rings. The molecule has 7 heteroatoms. The molecule has 0 bridgehead atoms. The van der Waals surface area contributed by atoms with E-state index in [0.717, 1.165) is 0 Å². The molecule has 1 aromatic heterocycles. The summed E-state index contributed by atoms with van der Waals surface area (Å²) in [6.45, 7) is 2.40. The van der Waals surface area contributed by atoms with Gasteiger partial charge in [-0.1, -0.05) is 17.7 Å². The van der Waals surface area contributed by atoms with E-state index >= 15 is 0 Å². The standard InChI is InChI=1S/C15H20ClN3O3/c1-9(17)14-18-12-6-4-5-11(16)13(12)15(20)19(14)10(7-21-2)8-22-3/h4-6,9-10H,7-8,17H2,1-3H3/t9-/m0/s1. The Hall–Kier alpha value is -1.47. The molecule has 0 amide bonds. The van der Waals surface area contributed by atoms with Crippen LogP contribution in [0.4, 0.5) is 0 Å². The van der Waals surface area contributed by atoms with Crippen LogP contribution in [0.2, 0.25) is 5.02 Å². The quantitative estimate of drug-likeness (QED) is 0.877. The second-order valence-electron chi connectivity index (χ2n) is 5.13. The van der Waals surface area contributed by atoms with Crippen molar-refractivity contribution in [3.8, 4) is 0 Å². The first-order valence-electron chi connectivity index (χ1n) is 6.95. The number of hydrogen-bond donors (Lipinski definition) is 1. The maximum absolute atomic E-state index is 12.9. The first-order valence-corrected chi connectivity index (χ1v) is 7.33. The van der Waals surface area contributed by atoms with Crippen molar-refractivity contribution in [3.05, 3.63) is 39.4 Å². The molecule has 0 saturated heterocycles. The van der Waals surface area contributed by atoms with Gasteiger partial charge in [0.1, 0.15) is 5.82 Å². The minimum absolute atomic E-state index is 0.234. The zero-order valence-corrected chi connectivity index (χ0v) is 13.6. The molecular weight excluding hydrogens is 306 g/mol. The van der Waals surface area contributed by atoms with Crippen molar-refractivity contribution in [2.75, 3.05) is 27.4 Å². The average molecular weight is 326 g/mol. The van der Waals surface area contributed by atoms with Crippen LogP contribution >= 0.6 is 11.6 Å². The highest BCUT2D eigenvalue weighted by Gasteiger charge is 2.22. The Labute approximate surface area is 133 Å². The Bertz CT molecular complexity index is 709. The molecular formula is C15H20ClN3O3. The van der Waals surface area contributed by atoms with Crippen LogP contribution in [0.15, 0.2) is 23.0 Å². The van der Waals surface area contributed by atoms with Gasteiger partial charge >= 0.3 is 0 Å². The molecule has 0 aliphatic carbocycles. The van der Waals surface area contributed by atoms with Gasteiger partial charge in [0.25, 0.3) is 5.56 Å². The van der Waals surface area contributed by atoms with Crippen LogP contribution in [0.25, 0.3) is 10.9 Å². The molecule has 1 atom stereocenters. The summed E-state index contributed by atoms with van der Waals surface area (Å²) in [4.78, 5) is 17.5. The molecule has 22 heavy (non-hydrogen) atoms. The van der Waals surface area contributed by atoms with Crippen LogP contribution in [0.3, 0.4) is 0 Å². The van der Waals surface area contributed by atoms with Crippen LogP contribution in [-0.2, 0) is 9.47 Å². The molecule has 2 N–H and O–H groups in total. The number of aromatic nitrogens is 2. The van der Waals surface area contributed by atoms with Crippen molar-refractivity contribution in [2.24, 2.45) is 5.73 Å². The molecule has 0 fully saturated rings. The van der Waals surface area contributed by atoms with Gasteiger partial charge in [-0.15, -0.1) is 0 Å². The Morgan fingerprint density at radius 2 is 1.95 bits per heavy atom. The predicted octanol–water partition coefficient (Wildman–Crippen LogP) is 1.90. The SMILES string of the molecule is COCC(COC)n1c([C@H](C)N)nc2cccc(Cl)c2c1=O. The number of benzene rings is 1. The van der Waals surface area contributed by atoms with E-state index in [2.05, 4.69) is 4.98 Å². The summed E-state index contributed by atoms with van der Waals surface area (Å²) >= 11 is 6.18. The summed E-state index contributed by atoms with van der Waals surface area (Å²) in [5.41, 5.74) is 6.31. The van der Waals surface area contributed by atoms with Crippen molar-refractivity contribution in [2.45, 2.75) is 19.0 Å². The van der Waals surface area contributed by atoms with Gasteiger partial charge in [0.05, 0.1) is 41.2 Å². The van der Waals surface area contributed by atoms with Gasteiger partial charge in [0, 0.05) is 14.2 Å². The van der Waals surface area contributed by atoms with Crippen LogP contribution in [0.1, 0.15) is 24.8 Å². The fourth-order valence-corrected chi connectivity index (χ4v) is 2.73. The van der Waals surface area contributed by atoms with Crippen LogP contribution in [0.5, 0.6) is 0 Å². The largest absolute Gasteiger partial charge is 0.382 e. The van der Waals surface area contributed by atoms with Crippen molar-refractivity contribution in [1.29, 1.82) is 0 Å². The molecule has 0 spiro atoms. The summed E-state index contributed by atoms with van der Waals surface area (Å²) in [7, 11) is 3.14. The number of nitrogens with zero attached hydrogens (tertiary/aromatic N) is 2. The van der Waals surface area contributed by atoms with E-state index in [1.807, 2.05) is 0 Å². The van der Waals surface area contributed by atoms with Gasteiger partial charge in [-0.2, -0.15) is 0 Å². The van der Waals surface area contributed by atoms with Crippen LogP contribution in [-0.4, -0.2) is 37.0 Å². The van der Waals surface area contributed by atoms with Gasteiger partial charge in [-0.25, -0.2) is 4.98 Å². The Morgan fingerprint density at radius 1 is 1.32 bits per heavy atom. The van der Waals surface area contributed by atoms with E-state index in [9.17, 15) is 4.79 Å². The van der Waals surface area contributed by atoms with Gasteiger partial charge < -0.3 is 15.2 Å². The number of rotatable bonds is 6. The van der Waals surface area contributed by atoms with E-state index in [0.29, 0.717) is 35.0 Å². The van der Waals surface area contributed by atoms with Gasteiger partial charge in [-0.05, 0) is 19.1 Å². The Balaban J connectivity index is 2.79. The van der Waals surface area contributed by atoms with E-state index in [4.69, 9.17) is 26.8 Å². The highest BCUT2D eigenvalue weighted by Crippen LogP contribution is 2.22. The van der Waals surface area contributed by atoms with Crippen LogP contribution in [0, 0.1) is 0 Å². The third-order valence-corrected chi connectivity index (χ3v) is 3.71. The van der Waals surface area contributed by atoms with Crippen molar-refractivity contribution < 1.29 is 9.47 Å². The topological polar surface area (TPSA) is 79.4 Å². The number of ether oxygens (including phenoxy) is 2. The minimum atomic E-state index is -0.410. The fourth-order valence-electron chi connectivity index (χ4n) is 2.48. The summed E-state index contributed by atoms with van der Waals surface area (Å²) in [5, 5.41) is 0.749. The fraction of sp³-hybridized carbons (Fsp3) is 0.467. The van der Waals surface area contributed by atoms with E-state index in [-0.39, 0.29) is 11.6 Å². The predicted molar refractivity (Wildman–Crippen MR) is 86.4 cm³/mol. The Kier molecular flexibility index (Phi) is 5.52. The number of halogens is 1. The molecule has 0 unspecified atom stereocenters. The molecule has 0 saturated carbocycles. The molecule has 120 valence electrons. The second-order valence-corrected chi connectivity index (χ2v) is 5.54. The van der Waals surface area contributed by atoms with E-state index in [1.165, 1.54) is 4.57 Å². The average Bonchev–Trinajstić information content (AvgIpc) is 2.46. The summed E-state index contributed by atoms with van der Waals surface area (Å²) in [5.74, 6) is 0.485. The number of methoxy groups -OCH3 is 2.